The summed E-state index contributed by atoms with van der Waals surface area (Å²) in [6.07, 6.45) is 4.29. The fourth-order valence-electron chi connectivity index (χ4n) is 2.13. The van der Waals surface area contributed by atoms with Crippen LogP contribution in [0.1, 0.15) is 31.2 Å². The lowest BCUT2D eigenvalue weighted by Crippen LogP contribution is -2.27. The Balaban J connectivity index is 1.95. The maximum Gasteiger partial charge on any atom is 0.124 e. The predicted octanol–water partition coefficient (Wildman–Crippen LogP) is 3.22. The molecule has 4 heteroatoms. The molecule has 0 heterocycles. The fraction of sp³-hybridized carbons (Fsp3) is 0.571. The van der Waals surface area contributed by atoms with E-state index in [4.69, 9.17) is 16.7 Å². The average Bonchev–Trinajstić information content (AvgIpc) is 3.15. The minimum atomic E-state index is -0.290. The third-order valence-electron chi connectivity index (χ3n) is 3.31. The summed E-state index contributed by atoms with van der Waals surface area (Å²) < 4.78 is 13.0. The molecule has 0 bridgehead atoms. The summed E-state index contributed by atoms with van der Waals surface area (Å²) in [5.41, 5.74) is 0.981. The van der Waals surface area contributed by atoms with Gasteiger partial charge in [0.05, 0.1) is 0 Å². The van der Waals surface area contributed by atoms with E-state index in [0.29, 0.717) is 11.1 Å². The molecule has 0 atom stereocenters. The number of unbranched alkanes of at least 4 members (excludes halogenated alkanes) is 1. The van der Waals surface area contributed by atoms with Crippen molar-refractivity contribution in [2.45, 2.75) is 38.3 Å². The molecule has 0 aliphatic heterocycles. The zero-order valence-corrected chi connectivity index (χ0v) is 11.2. The Morgan fingerprint density at radius 1 is 1.33 bits per heavy atom. The summed E-state index contributed by atoms with van der Waals surface area (Å²) in [5, 5.41) is 9.32. The monoisotopic (exact) mass is 271 g/mol. The number of rotatable bonds is 7. The van der Waals surface area contributed by atoms with Crippen molar-refractivity contribution in [3.8, 4) is 0 Å². The Hall–Kier alpha value is -0.640. The summed E-state index contributed by atoms with van der Waals surface area (Å²) in [5.74, 6) is -0.290. The lowest BCUT2D eigenvalue weighted by atomic mass is 10.2. The minimum Gasteiger partial charge on any atom is -0.396 e. The molecule has 1 aliphatic carbocycles. The van der Waals surface area contributed by atoms with Crippen LogP contribution in [0.2, 0.25) is 5.02 Å². The molecule has 1 aliphatic rings. The van der Waals surface area contributed by atoms with Crippen molar-refractivity contribution in [2.75, 3.05) is 13.2 Å². The quantitative estimate of drug-likeness (QED) is 0.770. The second-order valence-electron chi connectivity index (χ2n) is 4.87. The van der Waals surface area contributed by atoms with E-state index >= 15 is 0 Å². The number of hydrogen-bond donors (Lipinski definition) is 1. The first-order valence-electron chi connectivity index (χ1n) is 6.49. The molecule has 1 aromatic rings. The van der Waals surface area contributed by atoms with E-state index in [0.717, 1.165) is 31.5 Å². The van der Waals surface area contributed by atoms with E-state index < -0.39 is 0 Å². The maximum atomic E-state index is 13.0. The highest BCUT2D eigenvalue weighted by Crippen LogP contribution is 2.30. The highest BCUT2D eigenvalue weighted by Gasteiger charge is 2.28. The van der Waals surface area contributed by atoms with Crippen molar-refractivity contribution in [1.29, 1.82) is 0 Å². The van der Waals surface area contributed by atoms with Gasteiger partial charge in [-0.15, -0.1) is 0 Å². The minimum absolute atomic E-state index is 0.246. The van der Waals surface area contributed by atoms with Crippen molar-refractivity contribution in [1.82, 2.24) is 4.90 Å². The smallest absolute Gasteiger partial charge is 0.124 e. The van der Waals surface area contributed by atoms with Gasteiger partial charge >= 0.3 is 0 Å². The molecule has 1 aromatic carbocycles. The Morgan fingerprint density at radius 3 is 2.72 bits per heavy atom. The van der Waals surface area contributed by atoms with Crippen LogP contribution in [0.5, 0.6) is 0 Å². The van der Waals surface area contributed by atoms with Gasteiger partial charge in [-0.05, 0) is 49.9 Å². The molecule has 0 spiro atoms. The first-order chi connectivity index (χ1) is 8.70. The van der Waals surface area contributed by atoms with Crippen LogP contribution in [0.3, 0.4) is 0 Å². The van der Waals surface area contributed by atoms with Crippen LogP contribution in [-0.2, 0) is 6.54 Å². The molecule has 0 saturated heterocycles. The van der Waals surface area contributed by atoms with Crippen molar-refractivity contribution in [3.05, 3.63) is 34.6 Å². The lowest BCUT2D eigenvalue weighted by molar-refractivity contribution is 0.229. The first-order valence-corrected chi connectivity index (χ1v) is 6.87. The molecule has 0 unspecified atom stereocenters. The molecule has 0 amide bonds. The standard InChI is InChI=1S/C14H19ClFNO/c15-14-9-12(16)4-3-11(14)10-17(13-5-6-13)7-1-2-8-18/h3-4,9,13,18H,1-2,5-8,10H2. The molecular formula is C14H19ClFNO. The van der Waals surface area contributed by atoms with Crippen LogP contribution in [-0.4, -0.2) is 29.2 Å². The summed E-state index contributed by atoms with van der Waals surface area (Å²) >= 11 is 6.05. The Kier molecular flexibility index (Phi) is 4.98. The fourth-order valence-corrected chi connectivity index (χ4v) is 2.35. The van der Waals surface area contributed by atoms with Gasteiger partial charge in [0, 0.05) is 24.2 Å². The van der Waals surface area contributed by atoms with Crippen LogP contribution in [0.15, 0.2) is 18.2 Å². The number of aliphatic hydroxyl groups is 1. The number of aliphatic hydroxyl groups excluding tert-OH is 1. The van der Waals surface area contributed by atoms with Gasteiger partial charge in [0.25, 0.3) is 0 Å². The van der Waals surface area contributed by atoms with Gasteiger partial charge in [0.1, 0.15) is 5.82 Å². The molecule has 1 fully saturated rings. The largest absolute Gasteiger partial charge is 0.396 e. The number of benzene rings is 1. The zero-order valence-electron chi connectivity index (χ0n) is 10.4. The molecule has 100 valence electrons. The van der Waals surface area contributed by atoms with Crippen LogP contribution in [0, 0.1) is 5.82 Å². The Labute approximate surface area is 112 Å². The molecule has 18 heavy (non-hydrogen) atoms. The molecule has 2 nitrogen and oxygen atoms in total. The Bertz CT molecular complexity index is 395. The van der Waals surface area contributed by atoms with Crippen molar-refractivity contribution in [3.63, 3.8) is 0 Å². The second-order valence-corrected chi connectivity index (χ2v) is 5.28. The number of halogens is 2. The summed E-state index contributed by atoms with van der Waals surface area (Å²) in [4.78, 5) is 2.38. The maximum absolute atomic E-state index is 13.0. The summed E-state index contributed by atoms with van der Waals surface area (Å²) in [7, 11) is 0. The topological polar surface area (TPSA) is 23.5 Å². The lowest BCUT2D eigenvalue weighted by Gasteiger charge is -2.22. The SMILES string of the molecule is OCCCCN(Cc1ccc(F)cc1Cl)C1CC1. The van der Waals surface area contributed by atoms with Crippen LogP contribution in [0.25, 0.3) is 0 Å². The van der Waals surface area contributed by atoms with Gasteiger partial charge in [0.2, 0.25) is 0 Å². The van der Waals surface area contributed by atoms with Gasteiger partial charge in [-0.3, -0.25) is 4.90 Å². The predicted molar refractivity (Wildman–Crippen MR) is 71.2 cm³/mol. The molecular weight excluding hydrogens is 253 g/mol. The highest BCUT2D eigenvalue weighted by molar-refractivity contribution is 6.31. The highest BCUT2D eigenvalue weighted by atomic mass is 35.5. The third-order valence-corrected chi connectivity index (χ3v) is 3.66. The third kappa shape index (κ3) is 3.94. The Morgan fingerprint density at radius 2 is 2.11 bits per heavy atom. The van der Waals surface area contributed by atoms with Gasteiger partial charge in [0.15, 0.2) is 0 Å². The van der Waals surface area contributed by atoms with E-state index in [1.54, 1.807) is 6.07 Å². The first kappa shape index (κ1) is 13.8. The van der Waals surface area contributed by atoms with E-state index in [1.165, 1.54) is 25.0 Å². The van der Waals surface area contributed by atoms with Gasteiger partial charge < -0.3 is 5.11 Å². The van der Waals surface area contributed by atoms with E-state index in [9.17, 15) is 4.39 Å². The van der Waals surface area contributed by atoms with Crippen LogP contribution >= 0.6 is 11.6 Å². The van der Waals surface area contributed by atoms with Gasteiger partial charge in [-0.1, -0.05) is 17.7 Å². The van der Waals surface area contributed by atoms with Crippen LogP contribution < -0.4 is 0 Å². The van der Waals surface area contributed by atoms with E-state index in [-0.39, 0.29) is 12.4 Å². The molecule has 1 N–H and O–H groups in total. The molecule has 0 radical (unpaired) electrons. The summed E-state index contributed by atoms with van der Waals surface area (Å²) in [6.45, 7) is 1.99. The zero-order chi connectivity index (χ0) is 13.0. The van der Waals surface area contributed by atoms with Crippen molar-refractivity contribution >= 4 is 11.6 Å². The van der Waals surface area contributed by atoms with Gasteiger partial charge in [-0.2, -0.15) is 0 Å². The van der Waals surface area contributed by atoms with Crippen molar-refractivity contribution < 1.29 is 9.50 Å². The van der Waals surface area contributed by atoms with Gasteiger partial charge in [-0.25, -0.2) is 4.39 Å². The normalized spacial score (nSPS) is 15.3. The average molecular weight is 272 g/mol. The second kappa shape index (κ2) is 6.50. The van der Waals surface area contributed by atoms with Crippen molar-refractivity contribution in [2.24, 2.45) is 0 Å². The van der Waals surface area contributed by atoms with Crippen LogP contribution in [0.4, 0.5) is 4.39 Å². The van der Waals surface area contributed by atoms with E-state index in [2.05, 4.69) is 4.90 Å². The molecule has 1 saturated carbocycles. The molecule has 2 rings (SSSR count). The summed E-state index contributed by atoms with van der Waals surface area (Å²) in [6, 6.07) is 5.24. The number of hydrogen-bond acceptors (Lipinski definition) is 2. The number of nitrogens with zero attached hydrogens (tertiary/aromatic N) is 1. The molecule has 0 aromatic heterocycles. The van der Waals surface area contributed by atoms with E-state index in [1.807, 2.05) is 0 Å².